The molecule has 0 aliphatic carbocycles. The standard InChI is InChI=1S/C12H9ClN2O2S/c13-12-9(7-11-14-17-18(16)15-11)6-5-8-3-1-2-4-10(8)12/h1-6H,7H2,(H,14,15). The highest BCUT2D eigenvalue weighted by Crippen LogP contribution is 2.27. The molecule has 0 spiro atoms. The zero-order chi connectivity index (χ0) is 12.5. The van der Waals surface area contributed by atoms with Crippen LogP contribution in [0.15, 0.2) is 41.6 Å². The molecule has 1 heterocycles. The molecule has 1 N–H and O–H groups in total. The van der Waals surface area contributed by atoms with Gasteiger partial charge in [-0.05, 0) is 10.9 Å². The first-order chi connectivity index (χ1) is 8.74. The van der Waals surface area contributed by atoms with Crippen molar-refractivity contribution in [1.82, 2.24) is 4.72 Å². The lowest BCUT2D eigenvalue weighted by Crippen LogP contribution is -2.21. The second-order valence-electron chi connectivity index (χ2n) is 3.89. The highest BCUT2D eigenvalue weighted by Gasteiger charge is 2.16. The fourth-order valence-corrected chi connectivity index (χ4v) is 2.67. The normalized spacial score (nSPS) is 18.3. The molecule has 92 valence electrons. The van der Waals surface area contributed by atoms with Crippen molar-refractivity contribution >= 4 is 39.5 Å². The number of oxime groups is 1. The topological polar surface area (TPSA) is 50.7 Å². The number of hydrogen-bond donors (Lipinski definition) is 1. The molecule has 0 amide bonds. The van der Waals surface area contributed by atoms with Gasteiger partial charge in [-0.3, -0.25) is 9.01 Å². The van der Waals surface area contributed by atoms with Crippen LogP contribution >= 0.6 is 11.6 Å². The summed E-state index contributed by atoms with van der Waals surface area (Å²) in [5.74, 6) is 0.519. The molecule has 0 aromatic heterocycles. The Morgan fingerprint density at radius 2 is 2.11 bits per heavy atom. The highest BCUT2D eigenvalue weighted by atomic mass is 35.5. The van der Waals surface area contributed by atoms with E-state index in [1.807, 2.05) is 36.4 Å². The molecule has 2 aromatic carbocycles. The summed E-state index contributed by atoms with van der Waals surface area (Å²) in [7, 11) is 0. The number of rotatable bonds is 2. The molecule has 0 saturated heterocycles. The largest absolute Gasteiger partial charge is 0.338 e. The van der Waals surface area contributed by atoms with Crippen molar-refractivity contribution in [3.63, 3.8) is 0 Å². The van der Waals surface area contributed by atoms with Gasteiger partial charge in [0.05, 0.1) is 5.02 Å². The molecule has 4 nitrogen and oxygen atoms in total. The van der Waals surface area contributed by atoms with Gasteiger partial charge in [-0.15, -0.1) is 0 Å². The van der Waals surface area contributed by atoms with Crippen LogP contribution in [-0.2, 0) is 22.0 Å². The molecule has 0 radical (unpaired) electrons. The molecule has 1 atom stereocenters. The van der Waals surface area contributed by atoms with Gasteiger partial charge in [0, 0.05) is 11.8 Å². The summed E-state index contributed by atoms with van der Waals surface area (Å²) in [6.45, 7) is 0. The second-order valence-corrected chi connectivity index (χ2v) is 5.09. The fraction of sp³-hybridized carbons (Fsp3) is 0.0833. The number of nitrogens with zero attached hydrogens (tertiary/aromatic N) is 1. The molecule has 2 aromatic rings. The Bertz CT molecular complexity index is 672. The number of benzene rings is 2. The van der Waals surface area contributed by atoms with E-state index in [-0.39, 0.29) is 0 Å². The van der Waals surface area contributed by atoms with Crippen LogP contribution < -0.4 is 4.72 Å². The van der Waals surface area contributed by atoms with Crippen molar-refractivity contribution in [2.24, 2.45) is 5.16 Å². The van der Waals surface area contributed by atoms with E-state index in [1.165, 1.54) is 0 Å². The summed E-state index contributed by atoms with van der Waals surface area (Å²) in [4.78, 5) is 0. The summed E-state index contributed by atoms with van der Waals surface area (Å²) in [5, 5.41) is 6.46. The smallest absolute Gasteiger partial charge is 0.269 e. The highest BCUT2D eigenvalue weighted by molar-refractivity contribution is 7.79. The van der Waals surface area contributed by atoms with E-state index in [2.05, 4.69) is 14.2 Å². The van der Waals surface area contributed by atoms with Crippen LogP contribution in [0.3, 0.4) is 0 Å². The molecule has 18 heavy (non-hydrogen) atoms. The third kappa shape index (κ3) is 2.07. The van der Waals surface area contributed by atoms with Crippen molar-refractivity contribution in [1.29, 1.82) is 0 Å². The molecule has 3 rings (SSSR count). The maximum absolute atomic E-state index is 11.0. The SMILES string of the molecule is O=S1NC(Cc2ccc3ccccc3c2Cl)=NO1. The van der Waals surface area contributed by atoms with Gasteiger partial charge in [-0.25, -0.2) is 0 Å². The van der Waals surface area contributed by atoms with E-state index >= 15 is 0 Å². The van der Waals surface area contributed by atoms with E-state index in [4.69, 9.17) is 11.6 Å². The zero-order valence-corrected chi connectivity index (χ0v) is 10.8. The van der Waals surface area contributed by atoms with E-state index < -0.39 is 11.3 Å². The Morgan fingerprint density at radius 1 is 1.28 bits per heavy atom. The predicted octanol–water partition coefficient (Wildman–Crippen LogP) is 2.55. The van der Waals surface area contributed by atoms with Gasteiger partial charge < -0.3 is 0 Å². The average molecular weight is 281 g/mol. The molecule has 0 bridgehead atoms. The maximum atomic E-state index is 11.0. The van der Waals surface area contributed by atoms with Crippen molar-refractivity contribution < 1.29 is 8.49 Å². The first kappa shape index (κ1) is 11.5. The predicted molar refractivity (Wildman–Crippen MR) is 72.5 cm³/mol. The Labute approximate surface area is 111 Å². The zero-order valence-electron chi connectivity index (χ0n) is 9.22. The van der Waals surface area contributed by atoms with E-state index in [1.54, 1.807) is 0 Å². The van der Waals surface area contributed by atoms with Gasteiger partial charge in [0.1, 0.15) is 0 Å². The summed E-state index contributed by atoms with van der Waals surface area (Å²) in [6, 6.07) is 11.8. The Morgan fingerprint density at radius 3 is 2.89 bits per heavy atom. The van der Waals surface area contributed by atoms with Crippen LogP contribution in [0.1, 0.15) is 5.56 Å². The van der Waals surface area contributed by atoms with Crippen LogP contribution in [0.5, 0.6) is 0 Å². The number of hydrogen-bond acceptors (Lipinski definition) is 3. The van der Waals surface area contributed by atoms with Gasteiger partial charge >= 0.3 is 11.3 Å². The van der Waals surface area contributed by atoms with E-state index in [9.17, 15) is 4.21 Å². The molecular formula is C12H9ClN2O2S. The van der Waals surface area contributed by atoms with Crippen LogP contribution in [0, 0.1) is 0 Å². The average Bonchev–Trinajstić information content (AvgIpc) is 2.79. The Kier molecular flexibility index (Phi) is 2.93. The monoisotopic (exact) mass is 280 g/mol. The van der Waals surface area contributed by atoms with Crippen molar-refractivity contribution in [2.45, 2.75) is 6.42 Å². The van der Waals surface area contributed by atoms with E-state index in [0.29, 0.717) is 17.3 Å². The Hall–Kier alpha value is -1.59. The van der Waals surface area contributed by atoms with Crippen molar-refractivity contribution in [3.8, 4) is 0 Å². The maximum Gasteiger partial charge on any atom is 0.338 e. The van der Waals surface area contributed by atoms with Crippen molar-refractivity contribution in [3.05, 3.63) is 47.0 Å². The van der Waals surface area contributed by atoms with Crippen LogP contribution in [0.4, 0.5) is 0 Å². The molecule has 6 heteroatoms. The number of halogens is 1. The first-order valence-electron chi connectivity index (χ1n) is 5.33. The quantitative estimate of drug-likeness (QED) is 0.919. The lowest BCUT2D eigenvalue weighted by Gasteiger charge is -2.06. The third-order valence-corrected chi connectivity index (χ3v) is 3.78. The minimum absolute atomic E-state index is 0.468. The molecule has 0 saturated carbocycles. The summed E-state index contributed by atoms with van der Waals surface area (Å²) in [5.41, 5.74) is 0.920. The lowest BCUT2D eigenvalue weighted by atomic mass is 10.0. The molecule has 1 aliphatic heterocycles. The second kappa shape index (κ2) is 4.59. The molecule has 1 aliphatic rings. The number of fused-ring (bicyclic) bond motifs is 1. The summed E-state index contributed by atoms with van der Waals surface area (Å²) in [6.07, 6.45) is 0.468. The van der Waals surface area contributed by atoms with E-state index in [0.717, 1.165) is 16.3 Å². The van der Waals surface area contributed by atoms with Gasteiger partial charge in [-0.1, -0.05) is 53.2 Å². The number of amidine groups is 1. The molecular weight excluding hydrogens is 272 g/mol. The summed E-state index contributed by atoms with van der Waals surface area (Å²) >= 11 is 4.80. The third-order valence-electron chi connectivity index (χ3n) is 2.72. The summed E-state index contributed by atoms with van der Waals surface area (Å²) < 4.78 is 18.2. The Balaban J connectivity index is 1.98. The van der Waals surface area contributed by atoms with Gasteiger partial charge in [0.2, 0.25) is 0 Å². The van der Waals surface area contributed by atoms with Crippen LogP contribution in [0.25, 0.3) is 10.8 Å². The van der Waals surface area contributed by atoms with Gasteiger partial charge in [0.25, 0.3) is 0 Å². The lowest BCUT2D eigenvalue weighted by molar-refractivity contribution is 0.384. The number of nitrogens with one attached hydrogen (secondary N) is 1. The minimum Gasteiger partial charge on any atom is -0.269 e. The van der Waals surface area contributed by atoms with Gasteiger partial charge in [-0.2, -0.15) is 4.21 Å². The van der Waals surface area contributed by atoms with Crippen LogP contribution in [-0.4, -0.2) is 10.0 Å². The fourth-order valence-electron chi connectivity index (χ4n) is 1.88. The van der Waals surface area contributed by atoms with Crippen molar-refractivity contribution in [2.75, 3.05) is 0 Å². The first-order valence-corrected chi connectivity index (χ1v) is 6.78. The molecule has 1 unspecified atom stereocenters. The molecule has 0 fully saturated rings. The minimum atomic E-state index is -1.56. The van der Waals surface area contributed by atoms with Crippen LogP contribution in [0.2, 0.25) is 5.02 Å². The van der Waals surface area contributed by atoms with Gasteiger partial charge in [0.15, 0.2) is 5.84 Å².